The number of hydrogen-bond acceptors (Lipinski definition) is 4. The molecule has 7 heteroatoms. The molecule has 1 fully saturated rings. The molecule has 0 saturated carbocycles. The van der Waals surface area contributed by atoms with Crippen molar-refractivity contribution in [1.29, 1.82) is 0 Å². The third-order valence-corrected chi connectivity index (χ3v) is 4.57. The molecule has 0 radical (unpaired) electrons. The van der Waals surface area contributed by atoms with Crippen LogP contribution in [0.2, 0.25) is 0 Å². The van der Waals surface area contributed by atoms with Crippen molar-refractivity contribution in [2.24, 2.45) is 18.9 Å². The molecule has 0 bridgehead atoms. The first-order valence-electron chi connectivity index (χ1n) is 8.36. The quantitative estimate of drug-likeness (QED) is 0.865. The van der Waals surface area contributed by atoms with Gasteiger partial charge in [-0.3, -0.25) is 14.3 Å². The summed E-state index contributed by atoms with van der Waals surface area (Å²) in [5.74, 6) is 1.88. The molecule has 3 rings (SSSR count). The first-order chi connectivity index (χ1) is 11.3. The molecule has 0 unspecified atom stereocenters. The van der Waals surface area contributed by atoms with Crippen LogP contribution in [0.25, 0.3) is 11.2 Å². The van der Waals surface area contributed by atoms with Crippen LogP contribution in [0, 0.1) is 11.8 Å². The van der Waals surface area contributed by atoms with E-state index in [9.17, 15) is 9.59 Å². The molecule has 2 aromatic heterocycles. The van der Waals surface area contributed by atoms with Crippen molar-refractivity contribution in [2.45, 2.75) is 33.7 Å². The van der Waals surface area contributed by atoms with Gasteiger partial charge in [0.05, 0.1) is 0 Å². The van der Waals surface area contributed by atoms with Crippen LogP contribution in [0.4, 0.5) is 5.95 Å². The lowest BCUT2D eigenvalue weighted by molar-refractivity contribution is 0.352. The minimum atomic E-state index is -0.445. The number of anilines is 1. The average molecular weight is 331 g/mol. The summed E-state index contributed by atoms with van der Waals surface area (Å²) in [4.78, 5) is 33.6. The molecule has 130 valence electrons. The Hall–Kier alpha value is -2.31. The van der Waals surface area contributed by atoms with Gasteiger partial charge in [0.15, 0.2) is 11.2 Å². The molecule has 1 N–H and O–H groups in total. The van der Waals surface area contributed by atoms with Gasteiger partial charge in [-0.2, -0.15) is 4.98 Å². The van der Waals surface area contributed by atoms with Gasteiger partial charge in [-0.25, -0.2) is 4.79 Å². The first-order valence-corrected chi connectivity index (χ1v) is 8.36. The van der Waals surface area contributed by atoms with E-state index in [1.807, 2.05) is 11.5 Å². The van der Waals surface area contributed by atoms with Crippen LogP contribution in [0.1, 0.15) is 27.2 Å². The van der Waals surface area contributed by atoms with Crippen LogP contribution in [0.5, 0.6) is 0 Å². The zero-order valence-electron chi connectivity index (χ0n) is 14.8. The van der Waals surface area contributed by atoms with Crippen molar-refractivity contribution >= 4 is 17.1 Å². The number of aromatic amines is 1. The Kier molecular flexibility index (Phi) is 4.11. The number of aryl methyl sites for hydroxylation is 1. The molecule has 1 saturated heterocycles. The summed E-state index contributed by atoms with van der Waals surface area (Å²) in [5.41, 5.74) is 0.944. The van der Waals surface area contributed by atoms with E-state index in [1.165, 1.54) is 11.0 Å². The van der Waals surface area contributed by atoms with E-state index in [2.05, 4.69) is 35.3 Å². The lowest BCUT2D eigenvalue weighted by Crippen LogP contribution is -2.40. The Bertz CT molecular complexity index is 894. The van der Waals surface area contributed by atoms with E-state index >= 15 is 0 Å². The molecule has 2 aromatic rings. The predicted molar refractivity (Wildman–Crippen MR) is 95.6 cm³/mol. The number of rotatable bonds is 3. The van der Waals surface area contributed by atoms with Gasteiger partial charge in [0.1, 0.15) is 0 Å². The molecule has 3 heterocycles. The fourth-order valence-corrected chi connectivity index (χ4v) is 3.71. The number of fused-ring (bicyclic) bond motifs is 1. The van der Waals surface area contributed by atoms with E-state index in [4.69, 9.17) is 0 Å². The van der Waals surface area contributed by atoms with Crippen molar-refractivity contribution < 1.29 is 0 Å². The first kappa shape index (κ1) is 16.5. The highest BCUT2D eigenvalue weighted by atomic mass is 16.2. The number of aromatic nitrogens is 4. The fourth-order valence-electron chi connectivity index (χ4n) is 3.71. The summed E-state index contributed by atoms with van der Waals surface area (Å²) in [5, 5.41) is 0. The Labute approximate surface area is 140 Å². The lowest BCUT2D eigenvalue weighted by Gasteiger charge is -2.35. The van der Waals surface area contributed by atoms with Crippen LogP contribution < -0.4 is 16.1 Å². The predicted octanol–water partition coefficient (Wildman–Crippen LogP) is 1.48. The second kappa shape index (κ2) is 5.96. The number of imidazole rings is 1. The summed E-state index contributed by atoms with van der Waals surface area (Å²) >= 11 is 0. The maximum atomic E-state index is 12.4. The van der Waals surface area contributed by atoms with E-state index in [0.717, 1.165) is 24.6 Å². The molecule has 24 heavy (non-hydrogen) atoms. The van der Waals surface area contributed by atoms with Crippen molar-refractivity contribution in [3.63, 3.8) is 0 Å². The Morgan fingerprint density at radius 3 is 2.50 bits per heavy atom. The van der Waals surface area contributed by atoms with Gasteiger partial charge in [0.2, 0.25) is 5.95 Å². The van der Waals surface area contributed by atoms with Gasteiger partial charge >= 0.3 is 5.69 Å². The average Bonchev–Trinajstić information content (AvgIpc) is 2.83. The van der Waals surface area contributed by atoms with Crippen molar-refractivity contribution in [2.75, 3.05) is 18.0 Å². The lowest BCUT2D eigenvalue weighted by atomic mass is 9.92. The minimum Gasteiger partial charge on any atom is -0.342 e. The topological polar surface area (TPSA) is 75.9 Å². The molecule has 1 aliphatic rings. The molecular formula is C17H25N5O2. The summed E-state index contributed by atoms with van der Waals surface area (Å²) in [6.07, 6.45) is 1.19. The fraction of sp³-hybridized carbons (Fsp3) is 0.588. The third kappa shape index (κ3) is 2.79. The van der Waals surface area contributed by atoms with Crippen molar-refractivity contribution in [3.8, 4) is 0 Å². The molecule has 1 aliphatic heterocycles. The van der Waals surface area contributed by atoms with Gasteiger partial charge in [0.25, 0.3) is 5.56 Å². The second-order valence-electron chi connectivity index (χ2n) is 7.30. The highest BCUT2D eigenvalue weighted by Crippen LogP contribution is 2.28. The summed E-state index contributed by atoms with van der Waals surface area (Å²) < 4.78 is 3.28. The van der Waals surface area contributed by atoms with Gasteiger partial charge in [-0.15, -0.1) is 0 Å². The minimum absolute atomic E-state index is 0.397. The van der Waals surface area contributed by atoms with Crippen LogP contribution in [-0.2, 0) is 13.6 Å². The number of piperidine rings is 1. The van der Waals surface area contributed by atoms with Gasteiger partial charge in [0, 0.05) is 26.7 Å². The highest BCUT2D eigenvalue weighted by molar-refractivity contribution is 5.74. The Balaban J connectivity index is 2.25. The second-order valence-corrected chi connectivity index (χ2v) is 7.30. The number of allylic oxidation sites excluding steroid dienone is 1. The largest absolute Gasteiger partial charge is 0.342 e. The molecule has 0 spiro atoms. The number of nitrogens with zero attached hydrogens (tertiary/aromatic N) is 4. The zero-order chi connectivity index (χ0) is 17.6. The van der Waals surface area contributed by atoms with E-state index < -0.39 is 11.2 Å². The van der Waals surface area contributed by atoms with E-state index in [0.29, 0.717) is 29.5 Å². The molecule has 7 nitrogen and oxygen atoms in total. The summed E-state index contributed by atoms with van der Waals surface area (Å²) in [7, 11) is 1.63. The van der Waals surface area contributed by atoms with Crippen LogP contribution >= 0.6 is 0 Å². The number of hydrogen-bond donors (Lipinski definition) is 1. The molecule has 0 aliphatic carbocycles. The van der Waals surface area contributed by atoms with Crippen molar-refractivity contribution in [1.82, 2.24) is 19.1 Å². The van der Waals surface area contributed by atoms with Gasteiger partial charge < -0.3 is 9.47 Å². The Morgan fingerprint density at radius 1 is 1.29 bits per heavy atom. The van der Waals surface area contributed by atoms with E-state index in [-0.39, 0.29) is 0 Å². The smallest absolute Gasteiger partial charge is 0.329 e. The van der Waals surface area contributed by atoms with Gasteiger partial charge in [-0.1, -0.05) is 26.0 Å². The maximum absolute atomic E-state index is 12.4. The normalized spacial score (nSPS) is 21.4. The monoisotopic (exact) mass is 331 g/mol. The van der Waals surface area contributed by atoms with E-state index in [1.54, 1.807) is 7.05 Å². The Morgan fingerprint density at radius 2 is 1.92 bits per heavy atom. The molecule has 2 atom stereocenters. The number of H-pyrrole nitrogens is 1. The standard InChI is InChI=1S/C17H25N5O2/c1-10(2)7-22-13-14(20(5)17(24)19-15(13)23)18-16(22)21-8-11(3)6-12(4)9-21/h11-12H,1,6-9H2,2-5H3,(H,19,23,24)/t11-,12-/m1/s1. The van der Waals surface area contributed by atoms with Gasteiger partial charge in [-0.05, 0) is 25.2 Å². The third-order valence-electron chi connectivity index (χ3n) is 4.57. The molecular weight excluding hydrogens is 306 g/mol. The van der Waals surface area contributed by atoms with Crippen LogP contribution in [0.15, 0.2) is 21.7 Å². The summed E-state index contributed by atoms with van der Waals surface area (Å²) in [6.45, 7) is 12.7. The zero-order valence-corrected chi connectivity index (χ0v) is 14.8. The maximum Gasteiger partial charge on any atom is 0.329 e. The number of nitrogens with one attached hydrogen (secondary N) is 1. The molecule has 0 amide bonds. The summed E-state index contributed by atoms with van der Waals surface area (Å²) in [6, 6.07) is 0. The SMILES string of the molecule is C=C(C)Cn1c(N2C[C@H](C)C[C@@H](C)C2)nc2c1c(=O)[nH]c(=O)n2C. The highest BCUT2D eigenvalue weighted by Gasteiger charge is 2.27. The van der Waals surface area contributed by atoms with Crippen molar-refractivity contribution in [3.05, 3.63) is 33.0 Å². The molecule has 0 aromatic carbocycles. The van der Waals surface area contributed by atoms with Crippen LogP contribution in [-0.4, -0.2) is 32.2 Å². The van der Waals surface area contributed by atoms with Crippen LogP contribution in [0.3, 0.4) is 0 Å².